The van der Waals surface area contributed by atoms with E-state index in [4.69, 9.17) is 11.0 Å². The van der Waals surface area contributed by atoms with E-state index in [-0.39, 0.29) is 6.04 Å². The first-order chi connectivity index (χ1) is 5.24. The highest BCUT2D eigenvalue weighted by molar-refractivity contribution is 5.02. The molecule has 0 aromatic carbocycles. The van der Waals surface area contributed by atoms with Crippen molar-refractivity contribution >= 4 is 0 Å². The lowest BCUT2D eigenvalue weighted by Gasteiger charge is -1.96. The molecule has 0 saturated carbocycles. The molecule has 0 fully saturated rings. The molecule has 0 amide bonds. The average Bonchev–Trinajstić information content (AvgIpc) is 2.37. The van der Waals surface area contributed by atoms with Gasteiger partial charge in [0, 0.05) is 12.2 Å². The number of aromatic nitrogens is 2. The highest BCUT2D eigenvalue weighted by Gasteiger charge is 2.01. The van der Waals surface area contributed by atoms with Crippen LogP contribution in [-0.2, 0) is 6.54 Å². The van der Waals surface area contributed by atoms with E-state index in [1.54, 1.807) is 17.1 Å². The van der Waals surface area contributed by atoms with E-state index in [1.807, 2.05) is 13.0 Å². The van der Waals surface area contributed by atoms with Gasteiger partial charge in [0.05, 0.1) is 18.1 Å². The van der Waals surface area contributed by atoms with Crippen LogP contribution in [0.5, 0.6) is 0 Å². The first-order valence-corrected chi connectivity index (χ1v) is 3.38. The Labute approximate surface area is 65.3 Å². The molecular formula is C7H10N4. The van der Waals surface area contributed by atoms with Crippen molar-refractivity contribution in [1.82, 2.24) is 9.55 Å². The summed E-state index contributed by atoms with van der Waals surface area (Å²) < 4.78 is 1.71. The topological polar surface area (TPSA) is 67.6 Å². The lowest BCUT2D eigenvalue weighted by molar-refractivity contribution is 0.782. The number of nitrogens with zero attached hydrogens (tertiary/aromatic N) is 3. The van der Waals surface area contributed by atoms with Crippen molar-refractivity contribution in [3.63, 3.8) is 0 Å². The van der Waals surface area contributed by atoms with E-state index in [0.29, 0.717) is 6.54 Å². The number of hydrogen-bond donors (Lipinski definition) is 1. The highest BCUT2D eigenvalue weighted by Crippen LogP contribution is 2.04. The summed E-state index contributed by atoms with van der Waals surface area (Å²) in [5.41, 5.74) is 6.38. The van der Waals surface area contributed by atoms with Gasteiger partial charge in [-0.1, -0.05) is 0 Å². The van der Waals surface area contributed by atoms with E-state index < -0.39 is 0 Å². The smallest absolute Gasteiger partial charge is 0.111 e. The van der Waals surface area contributed by atoms with Crippen LogP contribution < -0.4 is 5.73 Å². The zero-order chi connectivity index (χ0) is 8.27. The minimum atomic E-state index is -0.0602. The molecule has 1 aromatic heterocycles. The van der Waals surface area contributed by atoms with E-state index in [1.165, 1.54) is 0 Å². The first-order valence-electron chi connectivity index (χ1n) is 3.38. The third-order valence-electron chi connectivity index (χ3n) is 1.37. The quantitative estimate of drug-likeness (QED) is 0.664. The van der Waals surface area contributed by atoms with Gasteiger partial charge < -0.3 is 10.3 Å². The lowest BCUT2D eigenvalue weighted by atomic mass is 10.3. The number of nitriles is 1. The van der Waals surface area contributed by atoms with E-state index in [2.05, 4.69) is 4.98 Å². The van der Waals surface area contributed by atoms with Crippen LogP contribution in [0.1, 0.15) is 18.7 Å². The molecule has 2 N–H and O–H groups in total. The fourth-order valence-corrected chi connectivity index (χ4v) is 0.781. The molecule has 1 aromatic rings. The van der Waals surface area contributed by atoms with E-state index in [9.17, 15) is 0 Å². The van der Waals surface area contributed by atoms with Crippen molar-refractivity contribution in [2.75, 3.05) is 0 Å². The Balaban J connectivity index is 2.75. The zero-order valence-electron chi connectivity index (χ0n) is 6.36. The Bertz CT molecular complexity index is 268. The van der Waals surface area contributed by atoms with Gasteiger partial charge >= 0.3 is 0 Å². The molecule has 1 atom stereocenters. The lowest BCUT2D eigenvalue weighted by Crippen LogP contribution is -2.04. The second-order valence-corrected chi connectivity index (χ2v) is 2.42. The standard InChI is InChI=1S/C7H10N4/c1-6(9)7-4-11(3-2-8)5-10-7/h4-6H,3,9H2,1H3. The van der Waals surface area contributed by atoms with Crippen molar-refractivity contribution in [3.05, 3.63) is 18.2 Å². The number of hydrogen-bond acceptors (Lipinski definition) is 3. The van der Waals surface area contributed by atoms with Crippen LogP contribution in [0.2, 0.25) is 0 Å². The molecule has 1 unspecified atom stereocenters. The summed E-state index contributed by atoms with van der Waals surface area (Å²) in [7, 11) is 0. The van der Waals surface area contributed by atoms with Gasteiger partial charge in [-0.15, -0.1) is 0 Å². The van der Waals surface area contributed by atoms with Gasteiger partial charge in [0.2, 0.25) is 0 Å². The Morgan fingerprint density at radius 3 is 3.09 bits per heavy atom. The van der Waals surface area contributed by atoms with E-state index >= 15 is 0 Å². The Morgan fingerprint density at radius 1 is 1.91 bits per heavy atom. The van der Waals surface area contributed by atoms with Crippen LogP contribution in [-0.4, -0.2) is 9.55 Å². The fraction of sp³-hybridized carbons (Fsp3) is 0.429. The molecule has 1 heterocycles. The summed E-state index contributed by atoms with van der Waals surface area (Å²) >= 11 is 0. The third kappa shape index (κ3) is 1.79. The third-order valence-corrected chi connectivity index (χ3v) is 1.37. The highest BCUT2D eigenvalue weighted by atomic mass is 15.0. The van der Waals surface area contributed by atoms with Crippen molar-refractivity contribution < 1.29 is 0 Å². The van der Waals surface area contributed by atoms with Gasteiger partial charge in [-0.05, 0) is 6.92 Å². The van der Waals surface area contributed by atoms with Crippen molar-refractivity contribution in [2.24, 2.45) is 5.73 Å². The summed E-state index contributed by atoms with van der Waals surface area (Å²) in [5.74, 6) is 0. The molecular weight excluding hydrogens is 140 g/mol. The maximum absolute atomic E-state index is 8.34. The van der Waals surface area contributed by atoms with Crippen LogP contribution in [0.4, 0.5) is 0 Å². The van der Waals surface area contributed by atoms with Crippen molar-refractivity contribution in [2.45, 2.75) is 19.5 Å². The number of rotatable bonds is 2. The Morgan fingerprint density at radius 2 is 2.64 bits per heavy atom. The van der Waals surface area contributed by atoms with Crippen LogP contribution in [0.3, 0.4) is 0 Å². The number of nitrogens with two attached hydrogens (primary N) is 1. The second kappa shape index (κ2) is 3.17. The molecule has 0 aliphatic heterocycles. The Kier molecular flexibility index (Phi) is 2.24. The molecule has 0 radical (unpaired) electrons. The van der Waals surface area contributed by atoms with Crippen LogP contribution in [0.15, 0.2) is 12.5 Å². The predicted octanol–water partition coefficient (Wildman–Crippen LogP) is 0.426. The molecule has 4 nitrogen and oxygen atoms in total. The minimum Gasteiger partial charge on any atom is -0.323 e. The summed E-state index contributed by atoms with van der Waals surface area (Å²) in [6, 6.07) is 1.96. The molecule has 58 valence electrons. The monoisotopic (exact) mass is 150 g/mol. The number of imidazole rings is 1. The first kappa shape index (κ1) is 7.76. The molecule has 0 aliphatic rings. The normalized spacial score (nSPS) is 12.5. The van der Waals surface area contributed by atoms with E-state index in [0.717, 1.165) is 5.69 Å². The van der Waals surface area contributed by atoms with Gasteiger partial charge in [-0.25, -0.2) is 4.98 Å². The molecule has 4 heteroatoms. The summed E-state index contributed by atoms with van der Waals surface area (Å²) in [6.45, 7) is 2.19. The zero-order valence-corrected chi connectivity index (χ0v) is 6.36. The van der Waals surface area contributed by atoms with Gasteiger partial charge in [0.25, 0.3) is 0 Å². The maximum atomic E-state index is 8.34. The van der Waals surface area contributed by atoms with Gasteiger partial charge in [0.1, 0.15) is 6.54 Å². The Hall–Kier alpha value is -1.34. The van der Waals surface area contributed by atoms with Gasteiger partial charge in [-0.3, -0.25) is 0 Å². The summed E-state index contributed by atoms with van der Waals surface area (Å²) in [4.78, 5) is 4.02. The van der Waals surface area contributed by atoms with Crippen molar-refractivity contribution in [1.29, 1.82) is 5.26 Å². The molecule has 0 bridgehead atoms. The molecule has 0 spiro atoms. The SMILES string of the molecule is CC(N)c1cn(CC#N)cn1. The second-order valence-electron chi connectivity index (χ2n) is 2.42. The van der Waals surface area contributed by atoms with Crippen LogP contribution >= 0.6 is 0 Å². The van der Waals surface area contributed by atoms with Gasteiger partial charge in [-0.2, -0.15) is 5.26 Å². The largest absolute Gasteiger partial charge is 0.323 e. The minimum absolute atomic E-state index is 0.0602. The van der Waals surface area contributed by atoms with Gasteiger partial charge in [0.15, 0.2) is 0 Å². The summed E-state index contributed by atoms with van der Waals surface area (Å²) in [5, 5.41) is 8.34. The average molecular weight is 150 g/mol. The predicted molar refractivity (Wildman–Crippen MR) is 40.4 cm³/mol. The van der Waals surface area contributed by atoms with Crippen molar-refractivity contribution in [3.8, 4) is 6.07 Å². The van der Waals surface area contributed by atoms with Crippen LogP contribution in [0.25, 0.3) is 0 Å². The van der Waals surface area contributed by atoms with Crippen LogP contribution in [0, 0.1) is 11.3 Å². The molecule has 0 aliphatic carbocycles. The fourth-order valence-electron chi connectivity index (χ4n) is 0.781. The maximum Gasteiger partial charge on any atom is 0.111 e. The molecule has 1 rings (SSSR count). The summed E-state index contributed by atoms with van der Waals surface area (Å²) in [6.07, 6.45) is 3.40. The molecule has 11 heavy (non-hydrogen) atoms. The molecule has 0 saturated heterocycles.